The van der Waals surface area contributed by atoms with Crippen LogP contribution in [0, 0.1) is 5.92 Å². The van der Waals surface area contributed by atoms with E-state index in [2.05, 4.69) is 16.7 Å². The highest BCUT2D eigenvalue weighted by atomic mass is 15.3. The molecule has 2 unspecified atom stereocenters. The van der Waals surface area contributed by atoms with Gasteiger partial charge in [-0.25, -0.2) is 0 Å². The van der Waals surface area contributed by atoms with Crippen molar-refractivity contribution in [2.45, 2.75) is 70.4 Å². The number of piperidine rings is 1. The third-order valence-corrected chi connectivity index (χ3v) is 5.68. The molecule has 1 saturated carbocycles. The molecule has 2 saturated heterocycles. The van der Waals surface area contributed by atoms with Crippen molar-refractivity contribution in [2.75, 3.05) is 26.2 Å². The molecule has 0 radical (unpaired) electrons. The third-order valence-electron chi connectivity index (χ3n) is 5.68. The highest BCUT2D eigenvalue weighted by Crippen LogP contribution is 2.31. The maximum atomic E-state index is 2.84. The normalized spacial score (nSPS) is 35.2. The first-order valence-electron chi connectivity index (χ1n) is 8.35. The van der Waals surface area contributed by atoms with Crippen LogP contribution in [0.3, 0.4) is 0 Å². The predicted molar refractivity (Wildman–Crippen MR) is 76.8 cm³/mol. The second kappa shape index (κ2) is 5.92. The van der Waals surface area contributed by atoms with E-state index in [0.717, 1.165) is 18.0 Å². The zero-order chi connectivity index (χ0) is 12.4. The third kappa shape index (κ3) is 2.75. The molecule has 0 aromatic heterocycles. The molecule has 3 rings (SSSR count). The minimum Gasteiger partial charge on any atom is -0.298 e. The smallest absolute Gasteiger partial charge is 0.0223 e. The molecule has 1 aliphatic carbocycles. The average molecular weight is 250 g/mol. The van der Waals surface area contributed by atoms with E-state index in [4.69, 9.17) is 0 Å². The molecule has 3 fully saturated rings. The van der Waals surface area contributed by atoms with Gasteiger partial charge in [0.15, 0.2) is 0 Å². The van der Waals surface area contributed by atoms with Crippen LogP contribution < -0.4 is 0 Å². The quantitative estimate of drug-likeness (QED) is 0.756. The molecular formula is C16H30N2. The van der Waals surface area contributed by atoms with Crippen LogP contribution in [0.15, 0.2) is 0 Å². The molecule has 2 atom stereocenters. The van der Waals surface area contributed by atoms with Gasteiger partial charge in [0.05, 0.1) is 0 Å². The number of fused-ring (bicyclic) bond motifs is 1. The monoisotopic (exact) mass is 250 g/mol. The van der Waals surface area contributed by atoms with Gasteiger partial charge in [0, 0.05) is 25.2 Å². The molecule has 0 amide bonds. The van der Waals surface area contributed by atoms with Gasteiger partial charge in [-0.1, -0.05) is 32.6 Å². The Morgan fingerprint density at radius 2 is 1.89 bits per heavy atom. The minimum atomic E-state index is 0.847. The van der Waals surface area contributed by atoms with Gasteiger partial charge in [-0.15, -0.1) is 0 Å². The van der Waals surface area contributed by atoms with Crippen LogP contribution in [0.2, 0.25) is 0 Å². The Kier molecular flexibility index (Phi) is 4.25. The molecular weight excluding hydrogens is 220 g/mol. The topological polar surface area (TPSA) is 6.48 Å². The standard InChI is InChI=1S/C16H30N2/c1-2-15-12-17-10-4-3-8-16(17)13-18(15)11-9-14-6-5-7-14/h14-16H,2-13H2,1H3. The van der Waals surface area contributed by atoms with E-state index in [1.165, 1.54) is 77.5 Å². The summed E-state index contributed by atoms with van der Waals surface area (Å²) in [6.07, 6.45) is 11.7. The van der Waals surface area contributed by atoms with Gasteiger partial charge in [0.2, 0.25) is 0 Å². The fraction of sp³-hybridized carbons (Fsp3) is 1.00. The average Bonchev–Trinajstić information content (AvgIpc) is 2.36. The first-order valence-corrected chi connectivity index (χ1v) is 8.35. The van der Waals surface area contributed by atoms with Gasteiger partial charge >= 0.3 is 0 Å². The molecule has 18 heavy (non-hydrogen) atoms. The predicted octanol–water partition coefficient (Wildman–Crippen LogP) is 3.13. The van der Waals surface area contributed by atoms with Crippen LogP contribution in [0.5, 0.6) is 0 Å². The SMILES string of the molecule is CCC1CN2CCCCC2CN1CCC1CCC1. The van der Waals surface area contributed by atoms with Crippen LogP contribution >= 0.6 is 0 Å². The number of piperazine rings is 1. The second-order valence-electron chi connectivity index (χ2n) is 6.79. The fourth-order valence-electron chi connectivity index (χ4n) is 4.10. The number of hydrogen-bond acceptors (Lipinski definition) is 2. The van der Waals surface area contributed by atoms with Crippen molar-refractivity contribution in [3.63, 3.8) is 0 Å². The summed E-state index contributed by atoms with van der Waals surface area (Å²) >= 11 is 0. The minimum absolute atomic E-state index is 0.847. The molecule has 2 nitrogen and oxygen atoms in total. The lowest BCUT2D eigenvalue weighted by Crippen LogP contribution is -2.59. The molecule has 3 aliphatic rings. The van der Waals surface area contributed by atoms with E-state index in [9.17, 15) is 0 Å². The van der Waals surface area contributed by atoms with Crippen molar-refractivity contribution in [3.8, 4) is 0 Å². The van der Waals surface area contributed by atoms with Crippen LogP contribution in [0.4, 0.5) is 0 Å². The van der Waals surface area contributed by atoms with E-state index >= 15 is 0 Å². The Hall–Kier alpha value is -0.0800. The Labute approximate surface area is 113 Å². The zero-order valence-corrected chi connectivity index (χ0v) is 12.1. The molecule has 0 spiro atoms. The van der Waals surface area contributed by atoms with E-state index in [1.54, 1.807) is 0 Å². The number of nitrogens with zero attached hydrogens (tertiary/aromatic N) is 2. The lowest BCUT2D eigenvalue weighted by atomic mass is 9.82. The van der Waals surface area contributed by atoms with Crippen molar-refractivity contribution >= 4 is 0 Å². The van der Waals surface area contributed by atoms with Crippen molar-refractivity contribution in [1.82, 2.24) is 9.80 Å². The summed E-state index contributed by atoms with van der Waals surface area (Å²) in [6.45, 7) is 7.85. The molecule has 2 heteroatoms. The first-order chi connectivity index (χ1) is 8.86. The van der Waals surface area contributed by atoms with Crippen molar-refractivity contribution in [1.29, 1.82) is 0 Å². The van der Waals surface area contributed by atoms with Crippen molar-refractivity contribution < 1.29 is 0 Å². The van der Waals surface area contributed by atoms with Gasteiger partial charge in [0.1, 0.15) is 0 Å². The van der Waals surface area contributed by atoms with Crippen LogP contribution in [-0.2, 0) is 0 Å². The molecule has 0 N–H and O–H groups in total. The maximum absolute atomic E-state index is 2.84. The Morgan fingerprint density at radius 3 is 2.61 bits per heavy atom. The molecule has 0 bridgehead atoms. The van der Waals surface area contributed by atoms with Crippen LogP contribution in [0.1, 0.15) is 58.3 Å². The summed E-state index contributed by atoms with van der Waals surface area (Å²) in [5, 5.41) is 0. The summed E-state index contributed by atoms with van der Waals surface area (Å²) in [7, 11) is 0. The van der Waals surface area contributed by atoms with Crippen LogP contribution in [0.25, 0.3) is 0 Å². The number of hydrogen-bond donors (Lipinski definition) is 0. The first kappa shape index (κ1) is 12.9. The molecule has 2 aliphatic heterocycles. The Balaban J connectivity index is 1.53. The van der Waals surface area contributed by atoms with E-state index < -0.39 is 0 Å². The maximum Gasteiger partial charge on any atom is 0.0223 e. The summed E-state index contributed by atoms with van der Waals surface area (Å²) in [5.74, 6) is 1.08. The van der Waals surface area contributed by atoms with E-state index in [-0.39, 0.29) is 0 Å². The largest absolute Gasteiger partial charge is 0.298 e. The summed E-state index contributed by atoms with van der Waals surface area (Å²) in [4.78, 5) is 5.63. The lowest BCUT2D eigenvalue weighted by Gasteiger charge is -2.49. The summed E-state index contributed by atoms with van der Waals surface area (Å²) in [6, 6.07) is 1.74. The zero-order valence-electron chi connectivity index (χ0n) is 12.1. The molecule has 0 aromatic carbocycles. The summed E-state index contributed by atoms with van der Waals surface area (Å²) < 4.78 is 0. The van der Waals surface area contributed by atoms with E-state index in [0.29, 0.717) is 0 Å². The Morgan fingerprint density at radius 1 is 1.00 bits per heavy atom. The van der Waals surface area contributed by atoms with Gasteiger partial charge in [0.25, 0.3) is 0 Å². The van der Waals surface area contributed by atoms with Gasteiger partial charge in [-0.3, -0.25) is 9.80 Å². The Bertz CT molecular complexity index is 262. The van der Waals surface area contributed by atoms with Crippen molar-refractivity contribution in [3.05, 3.63) is 0 Å². The van der Waals surface area contributed by atoms with Crippen LogP contribution in [-0.4, -0.2) is 48.1 Å². The van der Waals surface area contributed by atoms with Crippen molar-refractivity contribution in [2.24, 2.45) is 5.92 Å². The molecule has 2 heterocycles. The fourth-order valence-corrected chi connectivity index (χ4v) is 4.10. The second-order valence-corrected chi connectivity index (χ2v) is 6.79. The number of rotatable bonds is 4. The van der Waals surface area contributed by atoms with Gasteiger partial charge in [-0.05, 0) is 44.7 Å². The van der Waals surface area contributed by atoms with E-state index in [1.807, 2.05) is 0 Å². The molecule has 0 aromatic rings. The molecule has 104 valence electrons. The summed E-state index contributed by atoms with van der Waals surface area (Å²) in [5.41, 5.74) is 0. The lowest BCUT2D eigenvalue weighted by molar-refractivity contribution is 0.00340. The highest BCUT2D eigenvalue weighted by Gasteiger charge is 2.34. The highest BCUT2D eigenvalue weighted by molar-refractivity contribution is 4.90. The van der Waals surface area contributed by atoms with Gasteiger partial charge < -0.3 is 0 Å². The van der Waals surface area contributed by atoms with Gasteiger partial charge in [-0.2, -0.15) is 0 Å².